The Morgan fingerprint density at radius 3 is 2.13 bits per heavy atom. The Bertz CT molecular complexity index is 160. The van der Waals surface area contributed by atoms with Crippen LogP contribution in [0.2, 0.25) is 0 Å². The van der Waals surface area contributed by atoms with Crippen LogP contribution in [0.3, 0.4) is 0 Å². The topological polar surface area (TPSA) is 24.1 Å². The van der Waals surface area contributed by atoms with Crippen molar-refractivity contribution in [1.82, 2.24) is 10.6 Å². The maximum Gasteiger partial charge on any atom is 0.0713 e. The zero-order chi connectivity index (χ0) is 11.1. The molecule has 0 aromatic rings. The number of nitrogens with one attached hydrogen (secondary N) is 2. The summed E-state index contributed by atoms with van der Waals surface area (Å²) in [6, 6.07) is 0. The highest BCUT2D eigenvalue weighted by molar-refractivity contribution is 4.92. The maximum absolute atomic E-state index is 3.76. The molecular formula is C13H28N2. The Labute approximate surface area is 95.2 Å². The van der Waals surface area contributed by atoms with E-state index in [1.165, 1.54) is 38.5 Å². The molecule has 15 heavy (non-hydrogen) atoms. The fourth-order valence-corrected chi connectivity index (χ4v) is 2.63. The Balaban J connectivity index is 2.55. The molecule has 1 unspecified atom stereocenters. The third-order valence-electron chi connectivity index (χ3n) is 3.68. The molecule has 0 aromatic heterocycles. The van der Waals surface area contributed by atoms with Gasteiger partial charge in [0.25, 0.3) is 0 Å². The minimum Gasteiger partial charge on any atom is -0.299 e. The van der Waals surface area contributed by atoms with Crippen LogP contribution in [0.4, 0.5) is 0 Å². The lowest BCUT2D eigenvalue weighted by Gasteiger charge is -2.44. The minimum atomic E-state index is 0.240. The molecule has 0 amide bonds. The number of hydrogen-bond donors (Lipinski definition) is 2. The Hall–Kier alpha value is -0.0800. The lowest BCUT2D eigenvalue weighted by atomic mass is 9.79. The minimum absolute atomic E-state index is 0.240. The van der Waals surface area contributed by atoms with E-state index in [-0.39, 0.29) is 5.66 Å². The van der Waals surface area contributed by atoms with Crippen LogP contribution in [0.25, 0.3) is 0 Å². The average Bonchev–Trinajstić information content (AvgIpc) is 2.27. The molecule has 90 valence electrons. The van der Waals surface area contributed by atoms with Gasteiger partial charge in [-0.05, 0) is 44.7 Å². The molecule has 2 N–H and O–H groups in total. The van der Waals surface area contributed by atoms with Crippen LogP contribution >= 0.6 is 0 Å². The molecule has 1 atom stereocenters. The highest BCUT2D eigenvalue weighted by atomic mass is 15.2. The maximum atomic E-state index is 3.76. The normalized spacial score (nSPS) is 25.4. The summed E-state index contributed by atoms with van der Waals surface area (Å²) in [4.78, 5) is 0. The van der Waals surface area contributed by atoms with E-state index >= 15 is 0 Å². The monoisotopic (exact) mass is 212 g/mol. The largest absolute Gasteiger partial charge is 0.299 e. The molecule has 0 aromatic carbocycles. The molecule has 2 heteroatoms. The van der Waals surface area contributed by atoms with Crippen LogP contribution in [0.15, 0.2) is 0 Å². The van der Waals surface area contributed by atoms with Gasteiger partial charge in [-0.25, -0.2) is 0 Å². The van der Waals surface area contributed by atoms with Gasteiger partial charge in [0, 0.05) is 0 Å². The molecule has 1 saturated carbocycles. The van der Waals surface area contributed by atoms with E-state index < -0.39 is 0 Å². The standard InChI is InChI=1S/C13H28N2/c1-4-10-14-13(15-11-5-2)9-7-6-8-12(13)3/h12,14-15H,4-11H2,1-3H3. The number of rotatable bonds is 6. The zero-order valence-corrected chi connectivity index (χ0v) is 10.7. The molecule has 0 radical (unpaired) electrons. The van der Waals surface area contributed by atoms with Gasteiger partial charge in [-0.15, -0.1) is 0 Å². The third-order valence-corrected chi connectivity index (χ3v) is 3.68. The van der Waals surface area contributed by atoms with Crippen molar-refractivity contribution >= 4 is 0 Å². The predicted octanol–water partition coefficient (Wildman–Crippen LogP) is 2.89. The van der Waals surface area contributed by atoms with Crippen LogP contribution in [0.1, 0.15) is 59.3 Å². The summed E-state index contributed by atoms with van der Waals surface area (Å²) < 4.78 is 0. The smallest absolute Gasteiger partial charge is 0.0713 e. The second-order valence-corrected chi connectivity index (χ2v) is 4.97. The summed E-state index contributed by atoms with van der Waals surface area (Å²) in [5.41, 5.74) is 0.240. The van der Waals surface area contributed by atoms with Crippen LogP contribution in [0.5, 0.6) is 0 Å². The first-order valence-electron chi connectivity index (χ1n) is 6.75. The fourth-order valence-electron chi connectivity index (χ4n) is 2.63. The van der Waals surface area contributed by atoms with E-state index in [1.54, 1.807) is 0 Å². The molecule has 0 heterocycles. The second-order valence-electron chi connectivity index (χ2n) is 4.97. The van der Waals surface area contributed by atoms with Gasteiger partial charge < -0.3 is 0 Å². The molecule has 0 bridgehead atoms. The van der Waals surface area contributed by atoms with Crippen LogP contribution in [-0.4, -0.2) is 18.8 Å². The molecular weight excluding hydrogens is 184 g/mol. The van der Waals surface area contributed by atoms with Crippen LogP contribution in [0, 0.1) is 5.92 Å². The summed E-state index contributed by atoms with van der Waals surface area (Å²) >= 11 is 0. The van der Waals surface area contributed by atoms with Crippen molar-refractivity contribution in [3.63, 3.8) is 0 Å². The van der Waals surface area contributed by atoms with Crippen molar-refractivity contribution in [3.05, 3.63) is 0 Å². The molecule has 1 aliphatic rings. The van der Waals surface area contributed by atoms with Crippen LogP contribution in [-0.2, 0) is 0 Å². The molecule has 0 aliphatic heterocycles. The highest BCUT2D eigenvalue weighted by Gasteiger charge is 2.36. The van der Waals surface area contributed by atoms with Crippen molar-refractivity contribution < 1.29 is 0 Å². The molecule has 1 rings (SSSR count). The fraction of sp³-hybridized carbons (Fsp3) is 1.00. The Morgan fingerprint density at radius 1 is 1.07 bits per heavy atom. The molecule has 1 aliphatic carbocycles. The van der Waals surface area contributed by atoms with Crippen molar-refractivity contribution in [2.24, 2.45) is 5.92 Å². The van der Waals surface area contributed by atoms with Gasteiger partial charge in [-0.3, -0.25) is 10.6 Å². The van der Waals surface area contributed by atoms with E-state index in [0.29, 0.717) is 0 Å². The highest BCUT2D eigenvalue weighted by Crippen LogP contribution is 2.31. The van der Waals surface area contributed by atoms with Crippen LogP contribution < -0.4 is 10.6 Å². The summed E-state index contributed by atoms with van der Waals surface area (Å²) in [6.07, 6.45) is 7.90. The van der Waals surface area contributed by atoms with Gasteiger partial charge in [0.15, 0.2) is 0 Å². The van der Waals surface area contributed by atoms with E-state index in [1.807, 2.05) is 0 Å². The van der Waals surface area contributed by atoms with Gasteiger partial charge in [0.1, 0.15) is 0 Å². The van der Waals surface area contributed by atoms with E-state index in [2.05, 4.69) is 31.4 Å². The first-order chi connectivity index (χ1) is 7.25. The molecule has 1 fully saturated rings. The van der Waals surface area contributed by atoms with Crippen molar-refractivity contribution in [2.45, 2.75) is 65.0 Å². The first-order valence-corrected chi connectivity index (χ1v) is 6.75. The van der Waals surface area contributed by atoms with Gasteiger partial charge in [-0.2, -0.15) is 0 Å². The summed E-state index contributed by atoms with van der Waals surface area (Å²) in [5.74, 6) is 0.768. The zero-order valence-electron chi connectivity index (χ0n) is 10.7. The van der Waals surface area contributed by atoms with E-state index in [0.717, 1.165) is 19.0 Å². The van der Waals surface area contributed by atoms with Gasteiger partial charge in [0.05, 0.1) is 5.66 Å². The van der Waals surface area contributed by atoms with E-state index in [4.69, 9.17) is 0 Å². The predicted molar refractivity (Wildman–Crippen MR) is 67.0 cm³/mol. The van der Waals surface area contributed by atoms with Gasteiger partial charge in [-0.1, -0.05) is 33.6 Å². The second kappa shape index (κ2) is 6.49. The first kappa shape index (κ1) is 13.0. The summed E-state index contributed by atoms with van der Waals surface area (Å²) in [7, 11) is 0. The average molecular weight is 212 g/mol. The van der Waals surface area contributed by atoms with Crippen molar-refractivity contribution in [1.29, 1.82) is 0 Å². The lowest BCUT2D eigenvalue weighted by Crippen LogP contribution is -2.62. The van der Waals surface area contributed by atoms with Gasteiger partial charge in [0.2, 0.25) is 0 Å². The SMILES string of the molecule is CCCNC1(NCCC)CCCCC1C. The molecule has 2 nitrogen and oxygen atoms in total. The number of hydrogen-bond acceptors (Lipinski definition) is 2. The summed E-state index contributed by atoms with van der Waals surface area (Å²) in [6.45, 7) is 9.16. The van der Waals surface area contributed by atoms with E-state index in [9.17, 15) is 0 Å². The van der Waals surface area contributed by atoms with Crippen molar-refractivity contribution in [3.8, 4) is 0 Å². The summed E-state index contributed by atoms with van der Waals surface area (Å²) in [5, 5.41) is 7.52. The Morgan fingerprint density at radius 2 is 1.67 bits per heavy atom. The Kier molecular flexibility index (Phi) is 5.62. The third kappa shape index (κ3) is 3.46. The molecule has 0 saturated heterocycles. The van der Waals surface area contributed by atoms with Crippen molar-refractivity contribution in [2.75, 3.05) is 13.1 Å². The molecule has 0 spiro atoms. The quantitative estimate of drug-likeness (QED) is 0.662. The lowest BCUT2D eigenvalue weighted by molar-refractivity contribution is 0.114. The van der Waals surface area contributed by atoms with Gasteiger partial charge >= 0.3 is 0 Å².